The molecule has 13 heavy (non-hydrogen) atoms. The Balaban J connectivity index is 2.43. The molecule has 1 aliphatic carbocycles. The fraction of sp³-hybridized carbons (Fsp3) is 1.00. The second-order valence-electron chi connectivity index (χ2n) is 4.05. The van der Waals surface area contributed by atoms with E-state index in [0.29, 0.717) is 12.4 Å². The maximum absolute atomic E-state index is 11.4. The maximum Gasteiger partial charge on any atom is 0.213 e. The molecule has 0 amide bonds. The lowest BCUT2D eigenvalue weighted by molar-refractivity contribution is 0.529. The van der Waals surface area contributed by atoms with E-state index in [1.807, 2.05) is 0 Å². The quantitative estimate of drug-likeness (QED) is 0.718. The fourth-order valence-corrected chi connectivity index (χ4v) is 2.16. The smallest absolute Gasteiger partial charge is 0.213 e. The zero-order valence-electron chi connectivity index (χ0n) is 8.01. The minimum atomic E-state index is -3.11. The molecule has 0 radical (unpaired) electrons. The molecule has 5 heteroatoms. The topological polar surface area (TPSA) is 46.2 Å². The van der Waals surface area contributed by atoms with Crippen molar-refractivity contribution in [2.75, 3.05) is 12.4 Å². The molecule has 0 bridgehead atoms. The Morgan fingerprint density at radius 2 is 2.00 bits per heavy atom. The molecule has 0 unspecified atom stereocenters. The van der Waals surface area contributed by atoms with Crippen LogP contribution in [0.1, 0.15) is 26.7 Å². The summed E-state index contributed by atoms with van der Waals surface area (Å²) in [5.41, 5.74) is 0.0590. The van der Waals surface area contributed by atoms with Gasteiger partial charge in [-0.05, 0) is 32.1 Å². The average Bonchev–Trinajstić information content (AvgIpc) is 2.81. The van der Waals surface area contributed by atoms with Gasteiger partial charge in [-0.25, -0.2) is 13.1 Å². The van der Waals surface area contributed by atoms with Gasteiger partial charge in [0.15, 0.2) is 0 Å². The van der Waals surface area contributed by atoms with Crippen LogP contribution in [0, 0.1) is 5.41 Å². The summed E-state index contributed by atoms with van der Waals surface area (Å²) in [4.78, 5) is 0. The highest BCUT2D eigenvalue weighted by molar-refractivity contribution is 7.90. The first-order chi connectivity index (χ1) is 5.92. The van der Waals surface area contributed by atoms with E-state index < -0.39 is 10.0 Å². The maximum atomic E-state index is 11.4. The highest BCUT2D eigenvalue weighted by Gasteiger charge is 2.42. The van der Waals surface area contributed by atoms with Gasteiger partial charge < -0.3 is 0 Å². The minimum Gasteiger partial charge on any atom is -0.214 e. The van der Waals surface area contributed by atoms with Gasteiger partial charge in [0, 0.05) is 12.4 Å². The predicted octanol–water partition coefficient (Wildman–Crippen LogP) is 1.33. The minimum absolute atomic E-state index is 0.0590. The lowest BCUT2D eigenvalue weighted by atomic mass is 10.1. The molecule has 0 aromatic rings. The number of alkyl halides is 1. The molecule has 1 fully saturated rings. The largest absolute Gasteiger partial charge is 0.214 e. The van der Waals surface area contributed by atoms with Crippen LogP contribution in [0.5, 0.6) is 0 Å². The molecule has 0 atom stereocenters. The number of rotatable bonds is 5. The molecule has 1 aliphatic rings. The Bertz CT molecular complexity index is 270. The van der Waals surface area contributed by atoms with Crippen LogP contribution in [0.2, 0.25) is 0 Å². The van der Waals surface area contributed by atoms with Crippen LogP contribution >= 0.6 is 11.6 Å². The Hall–Kier alpha value is 0.200. The Labute approximate surface area is 84.9 Å². The van der Waals surface area contributed by atoms with Crippen molar-refractivity contribution in [2.45, 2.75) is 31.9 Å². The monoisotopic (exact) mass is 225 g/mol. The van der Waals surface area contributed by atoms with E-state index in [0.717, 1.165) is 12.8 Å². The summed E-state index contributed by atoms with van der Waals surface area (Å²) >= 11 is 5.73. The van der Waals surface area contributed by atoms with Crippen molar-refractivity contribution >= 4 is 21.6 Å². The van der Waals surface area contributed by atoms with Crippen LogP contribution < -0.4 is 4.72 Å². The van der Waals surface area contributed by atoms with Gasteiger partial charge in [-0.15, -0.1) is 11.6 Å². The van der Waals surface area contributed by atoms with Crippen molar-refractivity contribution in [1.82, 2.24) is 4.72 Å². The molecule has 0 aromatic heterocycles. The van der Waals surface area contributed by atoms with Gasteiger partial charge in [-0.1, -0.05) is 0 Å². The number of nitrogens with one attached hydrogen (secondary N) is 1. The molecular weight excluding hydrogens is 210 g/mol. The number of hydrogen-bond acceptors (Lipinski definition) is 2. The third-order valence-corrected chi connectivity index (χ3v) is 4.86. The standard InChI is InChI=1S/C8H16ClNO2S/c1-7(2)13(11,12)10-6-8(5-9)3-4-8/h7,10H,3-6H2,1-2H3. The first kappa shape index (κ1) is 11.3. The highest BCUT2D eigenvalue weighted by Crippen LogP contribution is 2.45. The molecule has 0 spiro atoms. The summed E-state index contributed by atoms with van der Waals surface area (Å²) in [7, 11) is -3.11. The summed E-state index contributed by atoms with van der Waals surface area (Å²) in [6.07, 6.45) is 2.08. The summed E-state index contributed by atoms with van der Waals surface area (Å²) in [5, 5.41) is -0.362. The van der Waals surface area contributed by atoms with Crippen molar-refractivity contribution in [2.24, 2.45) is 5.41 Å². The Morgan fingerprint density at radius 1 is 1.46 bits per heavy atom. The van der Waals surface area contributed by atoms with Gasteiger partial charge in [-0.2, -0.15) is 0 Å². The second kappa shape index (κ2) is 3.75. The van der Waals surface area contributed by atoms with E-state index in [-0.39, 0.29) is 10.7 Å². The molecule has 0 heterocycles. The molecule has 0 saturated heterocycles. The summed E-state index contributed by atoms with van der Waals surface area (Å²) < 4.78 is 25.3. The van der Waals surface area contributed by atoms with E-state index in [9.17, 15) is 8.42 Å². The lowest BCUT2D eigenvalue weighted by Crippen LogP contribution is -2.35. The first-order valence-corrected chi connectivity index (χ1v) is 6.54. The van der Waals surface area contributed by atoms with Crippen molar-refractivity contribution < 1.29 is 8.42 Å². The van der Waals surface area contributed by atoms with Crippen LogP contribution in [-0.4, -0.2) is 26.1 Å². The SMILES string of the molecule is CC(C)S(=O)(=O)NCC1(CCl)CC1. The summed E-state index contributed by atoms with van der Waals surface area (Å²) in [6.45, 7) is 3.84. The van der Waals surface area contributed by atoms with Crippen molar-refractivity contribution in [1.29, 1.82) is 0 Å². The Morgan fingerprint density at radius 3 is 2.31 bits per heavy atom. The summed E-state index contributed by atoms with van der Waals surface area (Å²) in [6, 6.07) is 0. The summed E-state index contributed by atoms with van der Waals surface area (Å²) in [5.74, 6) is 0.549. The molecular formula is C8H16ClNO2S. The normalized spacial score (nSPS) is 20.6. The second-order valence-corrected chi connectivity index (χ2v) is 6.64. The molecule has 1 rings (SSSR count). The van der Waals surface area contributed by atoms with Crippen molar-refractivity contribution in [3.05, 3.63) is 0 Å². The van der Waals surface area contributed by atoms with Crippen LogP contribution in [0.15, 0.2) is 0 Å². The van der Waals surface area contributed by atoms with Gasteiger partial charge in [0.2, 0.25) is 10.0 Å². The van der Waals surface area contributed by atoms with E-state index in [2.05, 4.69) is 4.72 Å². The van der Waals surface area contributed by atoms with Crippen LogP contribution in [0.25, 0.3) is 0 Å². The zero-order valence-corrected chi connectivity index (χ0v) is 9.58. The third kappa shape index (κ3) is 2.82. The van der Waals surface area contributed by atoms with Crippen molar-refractivity contribution in [3.63, 3.8) is 0 Å². The van der Waals surface area contributed by atoms with Crippen molar-refractivity contribution in [3.8, 4) is 0 Å². The van der Waals surface area contributed by atoms with E-state index in [1.165, 1.54) is 0 Å². The average molecular weight is 226 g/mol. The number of sulfonamides is 1. The lowest BCUT2D eigenvalue weighted by Gasteiger charge is -2.14. The number of halogens is 1. The zero-order chi connectivity index (χ0) is 10.1. The van der Waals surface area contributed by atoms with Gasteiger partial charge in [0.1, 0.15) is 0 Å². The van der Waals surface area contributed by atoms with Gasteiger partial charge in [-0.3, -0.25) is 0 Å². The van der Waals surface area contributed by atoms with Gasteiger partial charge in [0.25, 0.3) is 0 Å². The number of hydrogen-bond donors (Lipinski definition) is 1. The van der Waals surface area contributed by atoms with E-state index in [1.54, 1.807) is 13.8 Å². The first-order valence-electron chi connectivity index (χ1n) is 4.46. The molecule has 0 aromatic carbocycles. The van der Waals surface area contributed by atoms with Crippen LogP contribution in [0.3, 0.4) is 0 Å². The molecule has 1 N–H and O–H groups in total. The highest BCUT2D eigenvalue weighted by atomic mass is 35.5. The van der Waals surface area contributed by atoms with Crippen LogP contribution in [0.4, 0.5) is 0 Å². The molecule has 3 nitrogen and oxygen atoms in total. The third-order valence-electron chi connectivity index (χ3n) is 2.51. The van der Waals surface area contributed by atoms with E-state index in [4.69, 9.17) is 11.6 Å². The molecule has 0 aliphatic heterocycles. The Kier molecular flexibility index (Phi) is 3.25. The fourth-order valence-electron chi connectivity index (χ4n) is 0.955. The predicted molar refractivity (Wildman–Crippen MR) is 54.4 cm³/mol. The molecule has 78 valence electrons. The van der Waals surface area contributed by atoms with Gasteiger partial charge >= 0.3 is 0 Å². The van der Waals surface area contributed by atoms with E-state index >= 15 is 0 Å². The molecule has 1 saturated carbocycles. The van der Waals surface area contributed by atoms with Crippen LogP contribution in [-0.2, 0) is 10.0 Å². The van der Waals surface area contributed by atoms with Gasteiger partial charge in [0.05, 0.1) is 5.25 Å².